The predicted octanol–water partition coefficient (Wildman–Crippen LogP) is 4.03. The normalized spacial score (nSPS) is 10.4. The number of rotatable bonds is 4. The van der Waals surface area contributed by atoms with Gasteiger partial charge in [-0.05, 0) is 23.8 Å². The fourth-order valence-electron chi connectivity index (χ4n) is 1.95. The lowest BCUT2D eigenvalue weighted by Gasteiger charge is -2.01. The summed E-state index contributed by atoms with van der Waals surface area (Å²) in [5, 5.41) is 4.09. The van der Waals surface area contributed by atoms with E-state index in [0.717, 1.165) is 15.5 Å². The second kappa shape index (κ2) is 6.68. The number of carbonyl (C=O) groups excluding carboxylic acids is 1. The summed E-state index contributed by atoms with van der Waals surface area (Å²) in [4.78, 5) is 21.2. The summed E-state index contributed by atoms with van der Waals surface area (Å²) in [5.41, 5.74) is 1.60. The number of nitrogens with zero attached hydrogens (tertiary/aromatic N) is 2. The molecule has 1 aromatic carbocycles. The highest BCUT2D eigenvalue weighted by Gasteiger charge is 2.10. The molecule has 0 aliphatic carbocycles. The average Bonchev–Trinajstić information content (AvgIpc) is 2.97. The number of aromatic nitrogens is 2. The first-order valence-electron chi connectivity index (χ1n) is 6.62. The molecular formula is C16H12ClN3OS. The van der Waals surface area contributed by atoms with Gasteiger partial charge in [-0.2, -0.15) is 0 Å². The molecule has 0 unspecified atom stereocenters. The molecule has 110 valence electrons. The fraction of sp³-hybridized carbons (Fsp3) is 0.0625. The monoisotopic (exact) mass is 329 g/mol. The smallest absolute Gasteiger partial charge is 0.257 e. The highest BCUT2D eigenvalue weighted by molar-refractivity contribution is 7.15. The first kappa shape index (κ1) is 14.7. The van der Waals surface area contributed by atoms with E-state index < -0.39 is 0 Å². The van der Waals surface area contributed by atoms with E-state index in [4.69, 9.17) is 11.6 Å². The van der Waals surface area contributed by atoms with Crippen LogP contribution in [0, 0.1) is 0 Å². The molecule has 0 fully saturated rings. The molecule has 0 saturated carbocycles. The zero-order valence-electron chi connectivity index (χ0n) is 11.5. The summed E-state index contributed by atoms with van der Waals surface area (Å²) in [6, 6.07) is 11.0. The molecule has 6 heteroatoms. The van der Waals surface area contributed by atoms with Crippen LogP contribution in [-0.4, -0.2) is 15.9 Å². The zero-order valence-corrected chi connectivity index (χ0v) is 13.1. The van der Waals surface area contributed by atoms with Crippen LogP contribution in [-0.2, 0) is 6.42 Å². The van der Waals surface area contributed by atoms with Crippen molar-refractivity contribution in [3.05, 3.63) is 76.0 Å². The third-order valence-electron chi connectivity index (χ3n) is 3.04. The molecule has 0 spiro atoms. The SMILES string of the molecule is O=C(Nc1ncc(Cc2ccccc2Cl)s1)c1ccncc1. The van der Waals surface area contributed by atoms with E-state index in [1.54, 1.807) is 30.7 Å². The Morgan fingerprint density at radius 1 is 1.18 bits per heavy atom. The van der Waals surface area contributed by atoms with Gasteiger partial charge in [0.15, 0.2) is 5.13 Å². The first-order chi connectivity index (χ1) is 10.7. The molecule has 0 saturated heterocycles. The van der Waals surface area contributed by atoms with Gasteiger partial charge in [-0.1, -0.05) is 29.8 Å². The molecule has 0 bridgehead atoms. The van der Waals surface area contributed by atoms with E-state index in [9.17, 15) is 4.79 Å². The number of carbonyl (C=O) groups is 1. The maximum atomic E-state index is 12.0. The number of halogens is 1. The van der Waals surface area contributed by atoms with Crippen molar-refractivity contribution in [2.45, 2.75) is 6.42 Å². The summed E-state index contributed by atoms with van der Waals surface area (Å²) >= 11 is 7.60. The summed E-state index contributed by atoms with van der Waals surface area (Å²) in [5.74, 6) is -0.193. The number of hydrogen-bond donors (Lipinski definition) is 1. The van der Waals surface area contributed by atoms with Crippen molar-refractivity contribution < 1.29 is 4.79 Å². The predicted molar refractivity (Wildman–Crippen MR) is 88.6 cm³/mol. The van der Waals surface area contributed by atoms with Crippen molar-refractivity contribution in [1.29, 1.82) is 0 Å². The van der Waals surface area contributed by atoms with E-state index in [-0.39, 0.29) is 5.91 Å². The molecule has 4 nitrogen and oxygen atoms in total. The second-order valence-electron chi connectivity index (χ2n) is 4.59. The Bertz CT molecular complexity index is 789. The third kappa shape index (κ3) is 3.50. The molecular weight excluding hydrogens is 318 g/mol. The van der Waals surface area contributed by atoms with Crippen molar-refractivity contribution in [3.8, 4) is 0 Å². The van der Waals surface area contributed by atoms with Crippen molar-refractivity contribution in [3.63, 3.8) is 0 Å². The number of thiazole rings is 1. The summed E-state index contributed by atoms with van der Waals surface area (Å²) in [6.07, 6.45) is 5.62. The molecule has 3 rings (SSSR count). The largest absolute Gasteiger partial charge is 0.298 e. The number of nitrogens with one attached hydrogen (secondary N) is 1. The lowest BCUT2D eigenvalue weighted by molar-refractivity contribution is 0.102. The van der Waals surface area contributed by atoms with Crippen LogP contribution in [0.15, 0.2) is 55.0 Å². The van der Waals surface area contributed by atoms with Gasteiger partial charge in [0.2, 0.25) is 0 Å². The van der Waals surface area contributed by atoms with E-state index in [1.165, 1.54) is 11.3 Å². The van der Waals surface area contributed by atoms with Gasteiger partial charge in [0.25, 0.3) is 5.91 Å². The zero-order chi connectivity index (χ0) is 15.4. The molecule has 2 heterocycles. The van der Waals surface area contributed by atoms with Gasteiger partial charge in [0, 0.05) is 40.5 Å². The minimum absolute atomic E-state index is 0.193. The van der Waals surface area contributed by atoms with Crippen LogP contribution in [0.2, 0.25) is 5.02 Å². The van der Waals surface area contributed by atoms with Gasteiger partial charge in [-0.3, -0.25) is 15.1 Å². The lowest BCUT2D eigenvalue weighted by Crippen LogP contribution is -2.11. The topological polar surface area (TPSA) is 54.9 Å². The van der Waals surface area contributed by atoms with Gasteiger partial charge >= 0.3 is 0 Å². The van der Waals surface area contributed by atoms with Gasteiger partial charge in [0.05, 0.1) is 0 Å². The fourth-order valence-corrected chi connectivity index (χ4v) is 2.98. The van der Waals surface area contributed by atoms with Crippen molar-refractivity contribution in [1.82, 2.24) is 9.97 Å². The highest BCUT2D eigenvalue weighted by atomic mass is 35.5. The number of hydrogen-bond acceptors (Lipinski definition) is 4. The molecule has 0 atom stereocenters. The molecule has 0 radical (unpaired) electrons. The van der Waals surface area contributed by atoms with E-state index in [1.807, 2.05) is 24.3 Å². The lowest BCUT2D eigenvalue weighted by atomic mass is 10.1. The van der Waals surface area contributed by atoms with Gasteiger partial charge in [0.1, 0.15) is 0 Å². The number of amides is 1. The molecule has 22 heavy (non-hydrogen) atoms. The van der Waals surface area contributed by atoms with Crippen LogP contribution in [0.5, 0.6) is 0 Å². The maximum absolute atomic E-state index is 12.0. The van der Waals surface area contributed by atoms with Crippen molar-refractivity contribution in [2.24, 2.45) is 0 Å². The van der Waals surface area contributed by atoms with Gasteiger partial charge in [-0.15, -0.1) is 11.3 Å². The third-order valence-corrected chi connectivity index (χ3v) is 4.32. The number of pyridine rings is 1. The second-order valence-corrected chi connectivity index (χ2v) is 6.11. The Kier molecular flexibility index (Phi) is 4.46. The van der Waals surface area contributed by atoms with E-state index in [0.29, 0.717) is 17.1 Å². The van der Waals surface area contributed by atoms with Crippen molar-refractivity contribution >= 4 is 34.0 Å². The summed E-state index contributed by atoms with van der Waals surface area (Å²) < 4.78 is 0. The summed E-state index contributed by atoms with van der Waals surface area (Å²) in [7, 11) is 0. The van der Waals surface area contributed by atoms with Crippen LogP contribution in [0.25, 0.3) is 0 Å². The maximum Gasteiger partial charge on any atom is 0.257 e. The van der Waals surface area contributed by atoms with Gasteiger partial charge < -0.3 is 0 Å². The Morgan fingerprint density at radius 2 is 1.95 bits per heavy atom. The summed E-state index contributed by atoms with van der Waals surface area (Å²) in [6.45, 7) is 0. The van der Waals surface area contributed by atoms with Gasteiger partial charge in [-0.25, -0.2) is 4.98 Å². The van der Waals surface area contributed by atoms with Crippen LogP contribution >= 0.6 is 22.9 Å². The molecule has 1 amide bonds. The standard InChI is InChI=1S/C16H12ClN3OS/c17-14-4-2-1-3-12(14)9-13-10-19-16(22-13)20-15(21)11-5-7-18-8-6-11/h1-8,10H,9H2,(H,19,20,21). The van der Waals surface area contributed by atoms with Crippen LogP contribution in [0.3, 0.4) is 0 Å². The Balaban J connectivity index is 1.69. The molecule has 0 aliphatic rings. The molecule has 1 N–H and O–H groups in total. The molecule has 2 aromatic heterocycles. The number of anilines is 1. The van der Waals surface area contributed by atoms with Crippen LogP contribution in [0.4, 0.5) is 5.13 Å². The Morgan fingerprint density at radius 3 is 2.73 bits per heavy atom. The number of benzene rings is 1. The minimum Gasteiger partial charge on any atom is -0.298 e. The minimum atomic E-state index is -0.193. The van der Waals surface area contributed by atoms with Crippen molar-refractivity contribution in [2.75, 3.05) is 5.32 Å². The van der Waals surface area contributed by atoms with Crippen LogP contribution < -0.4 is 5.32 Å². The first-order valence-corrected chi connectivity index (χ1v) is 7.81. The van der Waals surface area contributed by atoms with E-state index in [2.05, 4.69) is 15.3 Å². The quantitative estimate of drug-likeness (QED) is 0.786. The van der Waals surface area contributed by atoms with Crippen LogP contribution in [0.1, 0.15) is 20.8 Å². The molecule has 0 aliphatic heterocycles. The highest BCUT2D eigenvalue weighted by Crippen LogP contribution is 2.24. The Hall–Kier alpha value is -2.24. The average molecular weight is 330 g/mol. The molecule has 3 aromatic rings. The van der Waals surface area contributed by atoms with E-state index >= 15 is 0 Å². The Labute approximate surface area is 136 Å².